The minimum absolute atomic E-state index is 0.264. The molecule has 0 aliphatic carbocycles. The molecule has 0 atom stereocenters. The molecule has 1 aromatic rings. The van der Waals surface area contributed by atoms with Crippen molar-refractivity contribution in [3.05, 3.63) is 24.2 Å². The summed E-state index contributed by atoms with van der Waals surface area (Å²) in [7, 11) is 1.91. The van der Waals surface area contributed by atoms with Crippen LogP contribution >= 0.6 is 0 Å². The van der Waals surface area contributed by atoms with E-state index < -0.39 is 0 Å². The van der Waals surface area contributed by atoms with Crippen LogP contribution in [0.5, 0.6) is 0 Å². The van der Waals surface area contributed by atoms with Gasteiger partial charge < -0.3 is 9.32 Å². The molecular formula is C10H16N2O. The number of furan rings is 1. The van der Waals surface area contributed by atoms with Crippen molar-refractivity contribution in [3.63, 3.8) is 0 Å². The number of amidine groups is 1. The molecule has 1 N–H and O–H groups in total. The monoisotopic (exact) mass is 180 g/mol. The lowest BCUT2D eigenvalue weighted by Gasteiger charge is -2.21. The second-order valence-corrected chi connectivity index (χ2v) is 3.48. The van der Waals surface area contributed by atoms with Crippen LogP contribution in [0.15, 0.2) is 22.8 Å². The largest absolute Gasteiger partial charge is 0.467 e. The molecule has 0 bridgehead atoms. The molecule has 3 heteroatoms. The number of nitrogens with zero attached hydrogens (tertiary/aromatic N) is 1. The van der Waals surface area contributed by atoms with Gasteiger partial charge >= 0.3 is 0 Å². The summed E-state index contributed by atoms with van der Waals surface area (Å²) in [6, 6.07) is 3.78. The van der Waals surface area contributed by atoms with Gasteiger partial charge in [0.25, 0.3) is 0 Å². The van der Waals surface area contributed by atoms with E-state index in [1.165, 1.54) is 0 Å². The van der Waals surface area contributed by atoms with Crippen molar-refractivity contribution < 1.29 is 4.42 Å². The first kappa shape index (κ1) is 9.84. The lowest BCUT2D eigenvalue weighted by molar-refractivity contribution is 0.396. The van der Waals surface area contributed by atoms with Gasteiger partial charge in [-0.2, -0.15) is 0 Å². The Morgan fingerprint density at radius 2 is 2.31 bits per heavy atom. The summed E-state index contributed by atoms with van der Waals surface area (Å²) >= 11 is 0. The zero-order valence-electron chi connectivity index (χ0n) is 8.37. The zero-order valence-corrected chi connectivity index (χ0v) is 8.37. The van der Waals surface area contributed by atoms with Crippen molar-refractivity contribution in [2.45, 2.75) is 20.4 Å². The molecule has 1 heterocycles. The van der Waals surface area contributed by atoms with E-state index in [1.807, 2.05) is 37.9 Å². The van der Waals surface area contributed by atoms with Gasteiger partial charge in [0.05, 0.1) is 18.6 Å². The first-order chi connectivity index (χ1) is 6.11. The van der Waals surface area contributed by atoms with Crippen LogP contribution in [-0.2, 0) is 6.54 Å². The maximum absolute atomic E-state index is 7.74. The highest BCUT2D eigenvalue weighted by Gasteiger charge is 2.09. The van der Waals surface area contributed by atoms with Crippen molar-refractivity contribution in [1.29, 1.82) is 5.41 Å². The van der Waals surface area contributed by atoms with Crippen LogP contribution in [0.1, 0.15) is 19.6 Å². The molecular weight excluding hydrogens is 164 g/mol. The van der Waals surface area contributed by atoms with E-state index in [-0.39, 0.29) is 5.92 Å². The second-order valence-electron chi connectivity index (χ2n) is 3.48. The van der Waals surface area contributed by atoms with Gasteiger partial charge in [0.2, 0.25) is 0 Å². The molecule has 0 unspecified atom stereocenters. The Labute approximate surface area is 78.9 Å². The van der Waals surface area contributed by atoms with Crippen LogP contribution in [0.25, 0.3) is 0 Å². The summed E-state index contributed by atoms with van der Waals surface area (Å²) in [5.41, 5.74) is 0. The molecule has 3 nitrogen and oxygen atoms in total. The predicted molar refractivity (Wildman–Crippen MR) is 52.7 cm³/mol. The van der Waals surface area contributed by atoms with E-state index in [9.17, 15) is 0 Å². The van der Waals surface area contributed by atoms with Gasteiger partial charge in [-0.3, -0.25) is 5.41 Å². The van der Waals surface area contributed by atoms with Crippen LogP contribution < -0.4 is 0 Å². The third-order valence-electron chi connectivity index (χ3n) is 1.93. The Morgan fingerprint density at radius 3 is 2.77 bits per heavy atom. The van der Waals surface area contributed by atoms with Gasteiger partial charge in [-0.15, -0.1) is 0 Å². The van der Waals surface area contributed by atoms with Crippen molar-refractivity contribution >= 4 is 5.84 Å². The van der Waals surface area contributed by atoms with Crippen molar-refractivity contribution in [3.8, 4) is 0 Å². The smallest absolute Gasteiger partial charge is 0.123 e. The van der Waals surface area contributed by atoms with Gasteiger partial charge in [0.1, 0.15) is 5.76 Å². The Balaban J connectivity index is 2.51. The van der Waals surface area contributed by atoms with Crippen LogP contribution in [0, 0.1) is 11.3 Å². The average molecular weight is 180 g/mol. The number of rotatable bonds is 3. The van der Waals surface area contributed by atoms with Crippen LogP contribution in [-0.4, -0.2) is 17.8 Å². The molecule has 0 radical (unpaired) electrons. The first-order valence-electron chi connectivity index (χ1n) is 4.43. The van der Waals surface area contributed by atoms with Gasteiger partial charge in [0.15, 0.2) is 0 Å². The fourth-order valence-corrected chi connectivity index (χ4v) is 1.16. The molecule has 0 spiro atoms. The number of hydrogen-bond acceptors (Lipinski definition) is 2. The quantitative estimate of drug-likeness (QED) is 0.573. The highest BCUT2D eigenvalue weighted by Crippen LogP contribution is 2.07. The summed E-state index contributed by atoms with van der Waals surface area (Å²) < 4.78 is 5.20. The summed E-state index contributed by atoms with van der Waals surface area (Å²) in [6.07, 6.45) is 1.65. The Kier molecular flexibility index (Phi) is 3.12. The molecule has 0 aromatic carbocycles. The van der Waals surface area contributed by atoms with E-state index in [4.69, 9.17) is 9.83 Å². The molecule has 0 saturated carbocycles. The van der Waals surface area contributed by atoms with Gasteiger partial charge in [0, 0.05) is 13.0 Å². The standard InChI is InChI=1S/C10H16N2O/c1-8(2)10(11)12(3)7-9-5-4-6-13-9/h4-6,8,11H,7H2,1-3H3. The predicted octanol–water partition coefficient (Wildman–Crippen LogP) is 2.34. The molecule has 0 saturated heterocycles. The van der Waals surface area contributed by atoms with Gasteiger partial charge in [-0.25, -0.2) is 0 Å². The van der Waals surface area contributed by atoms with E-state index >= 15 is 0 Å². The van der Waals surface area contributed by atoms with Crippen LogP contribution in [0.2, 0.25) is 0 Å². The summed E-state index contributed by atoms with van der Waals surface area (Å²) in [4.78, 5) is 1.89. The fraction of sp³-hybridized carbons (Fsp3) is 0.500. The van der Waals surface area contributed by atoms with E-state index in [1.54, 1.807) is 6.26 Å². The minimum Gasteiger partial charge on any atom is -0.467 e. The third kappa shape index (κ3) is 2.61. The lowest BCUT2D eigenvalue weighted by atomic mass is 10.2. The summed E-state index contributed by atoms with van der Waals surface area (Å²) in [5, 5.41) is 7.74. The Hall–Kier alpha value is -1.25. The fourth-order valence-electron chi connectivity index (χ4n) is 1.16. The van der Waals surface area contributed by atoms with Gasteiger partial charge in [-0.05, 0) is 12.1 Å². The second kappa shape index (κ2) is 4.12. The van der Waals surface area contributed by atoms with E-state index in [2.05, 4.69) is 0 Å². The van der Waals surface area contributed by atoms with Crippen molar-refractivity contribution in [1.82, 2.24) is 4.90 Å². The van der Waals surface area contributed by atoms with E-state index in [0.717, 1.165) is 5.76 Å². The number of nitrogens with one attached hydrogen (secondary N) is 1. The maximum atomic E-state index is 7.74. The summed E-state index contributed by atoms with van der Waals surface area (Å²) in [5.74, 6) is 1.80. The SMILES string of the molecule is CC(C)C(=N)N(C)Cc1ccco1. The molecule has 1 rings (SSSR count). The molecule has 0 amide bonds. The highest BCUT2D eigenvalue weighted by atomic mass is 16.3. The van der Waals surface area contributed by atoms with Crippen molar-refractivity contribution in [2.75, 3.05) is 7.05 Å². The normalized spacial score (nSPS) is 10.5. The van der Waals surface area contributed by atoms with Crippen LogP contribution in [0.3, 0.4) is 0 Å². The Bertz CT molecular complexity index is 264. The van der Waals surface area contributed by atoms with Crippen LogP contribution in [0.4, 0.5) is 0 Å². The molecule has 0 fully saturated rings. The molecule has 0 aliphatic rings. The summed E-state index contributed by atoms with van der Waals surface area (Å²) in [6.45, 7) is 4.70. The topological polar surface area (TPSA) is 40.2 Å². The maximum Gasteiger partial charge on any atom is 0.123 e. The average Bonchev–Trinajstić information content (AvgIpc) is 2.55. The number of hydrogen-bond donors (Lipinski definition) is 1. The van der Waals surface area contributed by atoms with E-state index in [0.29, 0.717) is 12.4 Å². The first-order valence-corrected chi connectivity index (χ1v) is 4.43. The van der Waals surface area contributed by atoms with Gasteiger partial charge in [-0.1, -0.05) is 13.8 Å². The third-order valence-corrected chi connectivity index (χ3v) is 1.93. The minimum atomic E-state index is 0.264. The zero-order chi connectivity index (χ0) is 9.84. The molecule has 13 heavy (non-hydrogen) atoms. The lowest BCUT2D eigenvalue weighted by Crippen LogP contribution is -2.29. The molecule has 72 valence electrons. The molecule has 0 aliphatic heterocycles. The highest BCUT2D eigenvalue weighted by molar-refractivity contribution is 5.80. The molecule has 1 aromatic heterocycles. The van der Waals surface area contributed by atoms with Crippen molar-refractivity contribution in [2.24, 2.45) is 5.92 Å². The Morgan fingerprint density at radius 1 is 1.62 bits per heavy atom.